The molecule has 10 nitrogen and oxygen atoms in total. The Bertz CT molecular complexity index is 1480. The van der Waals surface area contributed by atoms with Gasteiger partial charge in [0.05, 0.1) is 23.2 Å². The van der Waals surface area contributed by atoms with E-state index >= 15 is 0 Å². The van der Waals surface area contributed by atoms with Gasteiger partial charge in [-0.3, -0.25) is 0 Å². The molecule has 1 amide bonds. The van der Waals surface area contributed by atoms with Crippen molar-refractivity contribution in [2.45, 2.75) is 68.7 Å². The van der Waals surface area contributed by atoms with Crippen LogP contribution >= 0.6 is 11.3 Å². The third-order valence-corrected chi connectivity index (χ3v) is 7.69. The number of nitrogens with one attached hydrogen (secondary N) is 2. The molecule has 0 saturated heterocycles. The minimum absolute atomic E-state index is 0.0782. The quantitative estimate of drug-likeness (QED) is 0.390. The molecule has 0 radical (unpaired) electrons. The number of carbonyl (C=O) groups is 1. The van der Waals surface area contributed by atoms with Crippen LogP contribution in [0.4, 0.5) is 15.7 Å². The van der Waals surface area contributed by atoms with Crippen molar-refractivity contribution < 1.29 is 22.7 Å². The van der Waals surface area contributed by atoms with Crippen molar-refractivity contribution in [2.75, 3.05) is 11.9 Å². The zero-order valence-corrected chi connectivity index (χ0v) is 24.0. The van der Waals surface area contributed by atoms with E-state index < -0.39 is 27.1 Å². The van der Waals surface area contributed by atoms with E-state index in [4.69, 9.17) is 9.47 Å². The summed E-state index contributed by atoms with van der Waals surface area (Å²) in [5.74, 6) is 7.26. The molecule has 2 heterocycles. The number of hydrogen-bond donors (Lipinski definition) is 2. The highest BCUT2D eigenvalue weighted by Crippen LogP contribution is 2.31. The van der Waals surface area contributed by atoms with Gasteiger partial charge in [0, 0.05) is 6.07 Å². The smallest absolute Gasteiger partial charge is 0.408 e. The number of aryl methyl sites for hydroxylation is 1. The Kier molecular flexibility index (Phi) is 8.64. The minimum Gasteiger partial charge on any atom is -0.494 e. The number of amides is 1. The maximum absolute atomic E-state index is 13.1. The second-order valence-electron chi connectivity index (χ2n) is 9.71. The Morgan fingerprint density at radius 3 is 2.55 bits per heavy atom. The lowest BCUT2D eigenvalue weighted by molar-refractivity contribution is 0.0494. The molecule has 1 aromatic carbocycles. The maximum atomic E-state index is 13.1. The number of nitrogens with zero attached hydrogens (tertiary/aromatic N) is 3. The monoisotopic (exact) mass is 557 g/mol. The number of rotatable bonds is 7. The fraction of sp³-hybridized carbons (Fsp3) is 0.385. The number of anilines is 2. The van der Waals surface area contributed by atoms with Gasteiger partial charge in [-0.25, -0.2) is 28.2 Å². The van der Waals surface area contributed by atoms with Gasteiger partial charge in [0.2, 0.25) is 9.84 Å². The third kappa shape index (κ3) is 8.16. The summed E-state index contributed by atoms with van der Waals surface area (Å²) in [4.78, 5) is 25.1. The number of hydrogen-bond acceptors (Lipinski definition) is 10. The lowest BCUT2D eigenvalue weighted by atomic mass is 10.1. The van der Waals surface area contributed by atoms with Crippen LogP contribution in [0.1, 0.15) is 53.1 Å². The SMILES string of the molecule is CCOc1cccc(S(=O)(=O)c2cnc(Nc3cc(C#CC(C)(C)NC(=O)OC(C)(C)C)nc(C)n3)s2)c1. The van der Waals surface area contributed by atoms with Crippen LogP contribution in [-0.2, 0) is 14.6 Å². The Morgan fingerprint density at radius 2 is 1.87 bits per heavy atom. The lowest BCUT2D eigenvalue weighted by Crippen LogP contribution is -2.44. The normalized spacial score (nSPS) is 11.8. The number of thiazole rings is 1. The highest BCUT2D eigenvalue weighted by molar-refractivity contribution is 7.93. The Labute approximate surface area is 227 Å². The van der Waals surface area contributed by atoms with Gasteiger partial charge in [0.15, 0.2) is 5.13 Å². The molecule has 0 aliphatic rings. The van der Waals surface area contributed by atoms with Crippen LogP contribution in [0, 0.1) is 18.8 Å². The van der Waals surface area contributed by atoms with Gasteiger partial charge in [-0.05, 0) is 72.6 Å². The number of ether oxygens (including phenoxy) is 2. The lowest BCUT2D eigenvalue weighted by Gasteiger charge is -2.24. The molecule has 0 atom stereocenters. The highest BCUT2D eigenvalue weighted by Gasteiger charge is 2.23. The van der Waals surface area contributed by atoms with Gasteiger partial charge < -0.3 is 20.1 Å². The second-order valence-corrected chi connectivity index (χ2v) is 12.9. The summed E-state index contributed by atoms with van der Waals surface area (Å²) >= 11 is 0.980. The first-order valence-electron chi connectivity index (χ1n) is 11.8. The van der Waals surface area contributed by atoms with Gasteiger partial charge in [0.25, 0.3) is 0 Å². The van der Waals surface area contributed by atoms with Crippen LogP contribution in [0.25, 0.3) is 0 Å². The number of benzene rings is 1. The summed E-state index contributed by atoms with van der Waals surface area (Å²) in [7, 11) is -3.78. The van der Waals surface area contributed by atoms with Crippen molar-refractivity contribution in [2.24, 2.45) is 0 Å². The van der Waals surface area contributed by atoms with Crippen molar-refractivity contribution in [3.05, 3.63) is 48.0 Å². The molecule has 2 aromatic heterocycles. The molecule has 0 aliphatic carbocycles. The van der Waals surface area contributed by atoms with Gasteiger partial charge >= 0.3 is 6.09 Å². The standard InChI is InChI=1S/C26H31N5O5S2/c1-8-35-19-10-9-11-20(15-19)38(33,34)22-16-27-23(37-22)30-21-14-18(28-17(2)29-21)12-13-26(6,7)31-24(32)36-25(3,4)5/h9-11,14-16H,8H2,1-7H3,(H,31,32)(H,27,28,29,30). The molecule has 0 bridgehead atoms. The third-order valence-electron chi connectivity index (χ3n) is 4.57. The van der Waals surface area contributed by atoms with Gasteiger partial charge in [0.1, 0.15) is 32.9 Å². The molecule has 38 heavy (non-hydrogen) atoms. The Balaban J connectivity index is 1.77. The molecule has 0 spiro atoms. The number of aromatic nitrogens is 3. The molecule has 202 valence electrons. The minimum atomic E-state index is -3.78. The van der Waals surface area contributed by atoms with Crippen LogP contribution in [0.3, 0.4) is 0 Å². The summed E-state index contributed by atoms with van der Waals surface area (Å²) in [5, 5.41) is 6.09. The predicted octanol–water partition coefficient (Wildman–Crippen LogP) is 4.87. The number of carbonyl (C=O) groups excluding carboxylic acids is 1. The highest BCUT2D eigenvalue weighted by atomic mass is 32.2. The summed E-state index contributed by atoms with van der Waals surface area (Å²) in [6.45, 7) is 12.8. The number of alkyl carbamates (subject to hydrolysis) is 1. The van der Waals surface area contributed by atoms with Crippen molar-refractivity contribution >= 4 is 38.2 Å². The molecule has 0 aliphatic heterocycles. The second kappa shape index (κ2) is 11.4. The first-order valence-corrected chi connectivity index (χ1v) is 14.1. The first-order chi connectivity index (χ1) is 17.7. The fourth-order valence-corrected chi connectivity index (χ4v) is 5.55. The summed E-state index contributed by atoms with van der Waals surface area (Å²) in [6, 6.07) is 7.96. The topological polar surface area (TPSA) is 132 Å². The molecular weight excluding hydrogens is 526 g/mol. The van der Waals surface area contributed by atoms with E-state index in [1.54, 1.807) is 59.7 Å². The van der Waals surface area contributed by atoms with E-state index in [1.807, 2.05) is 6.92 Å². The van der Waals surface area contributed by atoms with E-state index in [9.17, 15) is 13.2 Å². The van der Waals surface area contributed by atoms with E-state index in [0.717, 1.165) is 11.3 Å². The van der Waals surface area contributed by atoms with Crippen molar-refractivity contribution in [3.8, 4) is 17.6 Å². The molecular formula is C26H31N5O5S2. The Hall–Kier alpha value is -3.69. The fourth-order valence-electron chi connectivity index (χ4n) is 3.07. The molecule has 0 fully saturated rings. The van der Waals surface area contributed by atoms with Crippen LogP contribution in [-0.4, -0.2) is 47.2 Å². The summed E-state index contributed by atoms with van der Waals surface area (Å²) in [6.07, 6.45) is 0.729. The molecule has 3 rings (SSSR count). The van der Waals surface area contributed by atoms with Crippen molar-refractivity contribution in [1.82, 2.24) is 20.3 Å². The van der Waals surface area contributed by atoms with Crippen LogP contribution in [0.15, 0.2) is 45.6 Å². The van der Waals surface area contributed by atoms with Crippen LogP contribution in [0.5, 0.6) is 5.75 Å². The molecule has 3 aromatic rings. The molecule has 0 saturated carbocycles. The number of sulfone groups is 1. The van der Waals surface area contributed by atoms with Gasteiger partial charge in [-0.15, -0.1) is 0 Å². The summed E-state index contributed by atoms with van der Waals surface area (Å²) in [5.41, 5.74) is -1.09. The molecule has 12 heteroatoms. The zero-order chi connectivity index (χ0) is 28.1. The average Bonchev–Trinajstić information content (AvgIpc) is 3.25. The van der Waals surface area contributed by atoms with E-state index in [2.05, 4.69) is 37.4 Å². The largest absolute Gasteiger partial charge is 0.494 e. The summed E-state index contributed by atoms with van der Waals surface area (Å²) < 4.78 is 37.0. The average molecular weight is 558 g/mol. The first kappa shape index (κ1) is 28.9. The van der Waals surface area contributed by atoms with Crippen molar-refractivity contribution in [1.29, 1.82) is 0 Å². The van der Waals surface area contributed by atoms with E-state index in [1.165, 1.54) is 18.3 Å². The predicted molar refractivity (Wildman–Crippen MR) is 146 cm³/mol. The van der Waals surface area contributed by atoms with Crippen LogP contribution < -0.4 is 15.4 Å². The van der Waals surface area contributed by atoms with E-state index in [-0.39, 0.29) is 9.10 Å². The van der Waals surface area contributed by atoms with Crippen LogP contribution in [0.2, 0.25) is 0 Å². The Morgan fingerprint density at radius 1 is 1.13 bits per heavy atom. The molecule has 0 unspecified atom stereocenters. The van der Waals surface area contributed by atoms with Gasteiger partial charge in [-0.2, -0.15) is 0 Å². The maximum Gasteiger partial charge on any atom is 0.408 e. The van der Waals surface area contributed by atoms with E-state index in [0.29, 0.717) is 34.8 Å². The molecule has 2 N–H and O–H groups in total. The van der Waals surface area contributed by atoms with Crippen molar-refractivity contribution in [3.63, 3.8) is 0 Å². The zero-order valence-electron chi connectivity index (χ0n) is 22.4. The van der Waals surface area contributed by atoms with Gasteiger partial charge in [-0.1, -0.05) is 23.3 Å².